The van der Waals surface area contributed by atoms with E-state index in [1.807, 2.05) is 0 Å². The lowest BCUT2D eigenvalue weighted by molar-refractivity contribution is 0.0842. The van der Waals surface area contributed by atoms with Crippen LogP contribution >= 0.6 is 0 Å². The Morgan fingerprint density at radius 1 is 1.22 bits per heavy atom. The molecular weight excluding hydrogens is 230 g/mol. The smallest absolute Gasteiger partial charge is 0.269 e. The highest BCUT2D eigenvalue weighted by atomic mass is 16.5. The molecule has 0 amide bonds. The molecule has 0 unspecified atom stereocenters. The van der Waals surface area contributed by atoms with Crippen LogP contribution in [0.5, 0.6) is 0 Å². The van der Waals surface area contributed by atoms with E-state index in [2.05, 4.69) is 15.3 Å². The molecule has 2 fully saturated rings. The molecule has 5 heteroatoms. The molecule has 5 nitrogen and oxygen atoms in total. The lowest BCUT2D eigenvalue weighted by atomic mass is 9.97. The molecule has 0 aliphatic carbocycles. The van der Waals surface area contributed by atoms with Crippen molar-refractivity contribution in [1.29, 1.82) is 0 Å². The van der Waals surface area contributed by atoms with Crippen molar-refractivity contribution < 1.29 is 4.74 Å². The third-order valence-electron chi connectivity index (χ3n) is 3.30. The Balaban J connectivity index is 0.000000202. The molecule has 1 aromatic rings. The topological polar surface area (TPSA) is 67.0 Å². The highest BCUT2D eigenvalue weighted by molar-refractivity contribution is 5.04. The predicted octanol–water partition coefficient (Wildman–Crippen LogP) is 1.03. The minimum absolute atomic E-state index is 0.0607. The molecule has 2 aliphatic rings. The molecule has 2 saturated heterocycles. The summed E-state index contributed by atoms with van der Waals surface area (Å²) in [7, 11) is 0. The standard InChI is InChI=1S/C9H12N2O2.C4H9N/c12-9-8(10-3-4-11-9)7-1-5-13-6-2-7;1-2-4-5-3-1/h3-4,7H,1-2,5-6H2,(H,11,12);5H,1-4H2. The Morgan fingerprint density at radius 3 is 2.50 bits per heavy atom. The second-order valence-electron chi connectivity index (χ2n) is 4.65. The van der Waals surface area contributed by atoms with Crippen molar-refractivity contribution in [3.05, 3.63) is 28.4 Å². The monoisotopic (exact) mass is 251 g/mol. The number of rotatable bonds is 1. The number of hydrogen-bond donors (Lipinski definition) is 2. The zero-order valence-corrected chi connectivity index (χ0v) is 10.7. The molecule has 0 spiro atoms. The predicted molar refractivity (Wildman–Crippen MR) is 69.8 cm³/mol. The van der Waals surface area contributed by atoms with E-state index >= 15 is 0 Å². The van der Waals surface area contributed by atoms with Crippen LogP contribution in [0.3, 0.4) is 0 Å². The summed E-state index contributed by atoms with van der Waals surface area (Å²) >= 11 is 0. The number of hydrogen-bond acceptors (Lipinski definition) is 4. The SMILES string of the molecule is C1CCNC1.O=c1[nH]ccnc1C1CCOCC1. The van der Waals surface area contributed by atoms with Crippen molar-refractivity contribution in [2.24, 2.45) is 0 Å². The quantitative estimate of drug-likeness (QED) is 0.782. The molecule has 1 aromatic heterocycles. The van der Waals surface area contributed by atoms with Crippen molar-refractivity contribution in [2.45, 2.75) is 31.6 Å². The lowest BCUT2D eigenvalue weighted by Crippen LogP contribution is -2.23. The first-order valence-electron chi connectivity index (χ1n) is 6.70. The number of H-pyrrole nitrogens is 1. The highest BCUT2D eigenvalue weighted by Crippen LogP contribution is 2.22. The Hall–Kier alpha value is -1.20. The third-order valence-corrected chi connectivity index (χ3v) is 3.30. The molecule has 100 valence electrons. The van der Waals surface area contributed by atoms with Crippen LogP contribution in [-0.2, 0) is 4.74 Å². The number of aromatic nitrogens is 2. The number of nitrogens with one attached hydrogen (secondary N) is 2. The molecular formula is C13H21N3O2. The Bertz CT molecular complexity index is 388. The third kappa shape index (κ3) is 3.92. The Morgan fingerprint density at radius 2 is 1.94 bits per heavy atom. The van der Waals surface area contributed by atoms with Gasteiger partial charge in [-0.3, -0.25) is 9.78 Å². The Labute approximate surface area is 107 Å². The van der Waals surface area contributed by atoms with E-state index < -0.39 is 0 Å². The summed E-state index contributed by atoms with van der Waals surface area (Å²) in [6.45, 7) is 3.97. The van der Waals surface area contributed by atoms with Gasteiger partial charge in [0.05, 0.1) is 0 Å². The second kappa shape index (κ2) is 7.28. The molecule has 18 heavy (non-hydrogen) atoms. The van der Waals surface area contributed by atoms with Crippen LogP contribution in [0.4, 0.5) is 0 Å². The summed E-state index contributed by atoms with van der Waals surface area (Å²) in [5.74, 6) is 0.277. The fraction of sp³-hybridized carbons (Fsp3) is 0.692. The van der Waals surface area contributed by atoms with Gasteiger partial charge < -0.3 is 15.0 Å². The van der Waals surface area contributed by atoms with E-state index in [-0.39, 0.29) is 11.5 Å². The fourth-order valence-corrected chi connectivity index (χ4v) is 2.25. The molecule has 2 aliphatic heterocycles. The van der Waals surface area contributed by atoms with Gasteiger partial charge in [-0.25, -0.2) is 0 Å². The minimum Gasteiger partial charge on any atom is -0.381 e. The van der Waals surface area contributed by atoms with Gasteiger partial charge in [0.2, 0.25) is 0 Å². The van der Waals surface area contributed by atoms with Gasteiger partial charge in [-0.2, -0.15) is 0 Å². The van der Waals surface area contributed by atoms with Crippen molar-refractivity contribution in [3.8, 4) is 0 Å². The minimum atomic E-state index is -0.0607. The van der Waals surface area contributed by atoms with Crippen LogP contribution in [-0.4, -0.2) is 36.3 Å². The number of nitrogens with zero attached hydrogens (tertiary/aromatic N) is 1. The van der Waals surface area contributed by atoms with Gasteiger partial charge in [0.1, 0.15) is 5.69 Å². The molecule has 0 atom stereocenters. The normalized spacial score (nSPS) is 20.2. The van der Waals surface area contributed by atoms with Gasteiger partial charge in [-0.1, -0.05) is 0 Å². The summed E-state index contributed by atoms with van der Waals surface area (Å²) in [5.41, 5.74) is 0.597. The van der Waals surface area contributed by atoms with E-state index in [4.69, 9.17) is 4.74 Å². The first-order valence-corrected chi connectivity index (χ1v) is 6.70. The molecule has 0 bridgehead atoms. The van der Waals surface area contributed by atoms with Crippen molar-refractivity contribution in [2.75, 3.05) is 26.3 Å². The summed E-state index contributed by atoms with van der Waals surface area (Å²) in [6.07, 6.45) is 7.78. The van der Waals surface area contributed by atoms with Crippen LogP contribution in [0.25, 0.3) is 0 Å². The van der Waals surface area contributed by atoms with Crippen molar-refractivity contribution in [1.82, 2.24) is 15.3 Å². The second-order valence-corrected chi connectivity index (χ2v) is 4.65. The summed E-state index contributed by atoms with van der Waals surface area (Å²) < 4.78 is 5.22. The number of aromatic amines is 1. The molecule has 3 heterocycles. The van der Waals surface area contributed by atoms with Gasteiger partial charge in [-0.15, -0.1) is 0 Å². The van der Waals surface area contributed by atoms with E-state index in [1.54, 1.807) is 12.4 Å². The molecule has 0 aromatic carbocycles. The zero-order chi connectivity index (χ0) is 12.6. The maximum atomic E-state index is 11.4. The van der Waals surface area contributed by atoms with Crippen LogP contribution in [0.15, 0.2) is 17.2 Å². The lowest BCUT2D eigenvalue weighted by Gasteiger charge is -2.20. The summed E-state index contributed by atoms with van der Waals surface area (Å²) in [6, 6.07) is 0. The van der Waals surface area contributed by atoms with Gasteiger partial charge in [0.15, 0.2) is 0 Å². The van der Waals surface area contributed by atoms with Gasteiger partial charge in [0, 0.05) is 31.5 Å². The van der Waals surface area contributed by atoms with Crippen LogP contribution in [0.2, 0.25) is 0 Å². The van der Waals surface area contributed by atoms with Crippen LogP contribution in [0.1, 0.15) is 37.3 Å². The van der Waals surface area contributed by atoms with E-state index in [9.17, 15) is 4.79 Å². The fourth-order valence-electron chi connectivity index (χ4n) is 2.25. The van der Waals surface area contributed by atoms with E-state index in [1.165, 1.54) is 25.9 Å². The first kappa shape index (κ1) is 13.2. The molecule has 0 saturated carbocycles. The van der Waals surface area contributed by atoms with E-state index in [0.29, 0.717) is 5.69 Å². The van der Waals surface area contributed by atoms with Crippen molar-refractivity contribution >= 4 is 0 Å². The van der Waals surface area contributed by atoms with Gasteiger partial charge in [0.25, 0.3) is 5.56 Å². The average molecular weight is 251 g/mol. The average Bonchev–Trinajstić information content (AvgIpc) is 2.99. The summed E-state index contributed by atoms with van der Waals surface area (Å²) in [5, 5.41) is 3.22. The molecule has 0 radical (unpaired) electrons. The van der Waals surface area contributed by atoms with E-state index in [0.717, 1.165) is 26.1 Å². The highest BCUT2D eigenvalue weighted by Gasteiger charge is 2.19. The molecule has 3 rings (SSSR count). The maximum absolute atomic E-state index is 11.4. The first-order chi connectivity index (χ1) is 8.88. The largest absolute Gasteiger partial charge is 0.381 e. The number of ether oxygens (including phenoxy) is 1. The van der Waals surface area contributed by atoms with Crippen LogP contribution < -0.4 is 10.9 Å². The zero-order valence-electron chi connectivity index (χ0n) is 10.7. The van der Waals surface area contributed by atoms with Crippen LogP contribution in [0, 0.1) is 0 Å². The van der Waals surface area contributed by atoms with Crippen molar-refractivity contribution in [3.63, 3.8) is 0 Å². The Kier molecular flexibility index (Phi) is 5.36. The summed E-state index contributed by atoms with van der Waals surface area (Å²) in [4.78, 5) is 18.1. The maximum Gasteiger partial charge on any atom is 0.269 e. The molecule has 2 N–H and O–H groups in total. The van der Waals surface area contributed by atoms with Gasteiger partial charge in [-0.05, 0) is 38.8 Å². The van der Waals surface area contributed by atoms with Gasteiger partial charge >= 0.3 is 0 Å².